The molecule has 0 fully saturated rings. The molecule has 2 atom stereocenters. The van der Waals surface area contributed by atoms with Gasteiger partial charge in [0, 0.05) is 12.2 Å². The van der Waals surface area contributed by atoms with Crippen molar-refractivity contribution in [2.75, 3.05) is 5.32 Å². The number of carbonyl (C=O) groups is 1. The zero-order valence-corrected chi connectivity index (χ0v) is 16.7. The van der Waals surface area contributed by atoms with Crippen LogP contribution < -0.4 is 5.32 Å². The lowest BCUT2D eigenvalue weighted by atomic mass is 10.0. The molecule has 2 aromatic rings. The van der Waals surface area contributed by atoms with E-state index in [1.165, 1.54) is 11.6 Å². The predicted octanol–water partition coefficient (Wildman–Crippen LogP) is 4.07. The number of aromatic nitrogens is 3. The summed E-state index contributed by atoms with van der Waals surface area (Å²) in [4.78, 5) is 16.3. The van der Waals surface area contributed by atoms with Crippen molar-refractivity contribution in [3.63, 3.8) is 0 Å². The number of urea groups is 1. The Bertz CT molecular complexity index is 1060. The van der Waals surface area contributed by atoms with Crippen molar-refractivity contribution in [1.29, 1.82) is 0 Å². The highest BCUT2D eigenvalue weighted by atomic mass is 32.2. The fourth-order valence-electron chi connectivity index (χ4n) is 3.35. The molecule has 7 nitrogen and oxygen atoms in total. The van der Waals surface area contributed by atoms with E-state index in [0.29, 0.717) is 25.1 Å². The van der Waals surface area contributed by atoms with Crippen molar-refractivity contribution in [2.45, 2.75) is 57.3 Å². The molecule has 0 radical (unpaired) electrons. The molecule has 158 valence electrons. The summed E-state index contributed by atoms with van der Waals surface area (Å²) in [6, 6.07) is -1.27. The van der Waals surface area contributed by atoms with Gasteiger partial charge in [0.2, 0.25) is 0 Å². The number of nitrogens with zero attached hydrogens (tertiary/aromatic N) is 4. The zero-order valence-electron chi connectivity index (χ0n) is 15.8. The third kappa shape index (κ3) is 4.11. The number of aryl methyl sites for hydroxylation is 2. The van der Waals surface area contributed by atoms with Crippen molar-refractivity contribution in [2.24, 2.45) is 4.36 Å². The molecule has 0 bridgehead atoms. The summed E-state index contributed by atoms with van der Waals surface area (Å²) in [6.45, 7) is 5.04. The lowest BCUT2D eigenvalue weighted by Gasteiger charge is -2.19. The van der Waals surface area contributed by atoms with E-state index < -0.39 is 44.9 Å². The second kappa shape index (κ2) is 7.73. The summed E-state index contributed by atoms with van der Waals surface area (Å²) in [5.74, 6) is -0.961. The van der Waals surface area contributed by atoms with Gasteiger partial charge in [0.15, 0.2) is 10.8 Å². The minimum atomic E-state index is -4.76. The van der Waals surface area contributed by atoms with Crippen LogP contribution in [0.4, 0.5) is 28.0 Å². The number of amides is 2. The first-order valence-electron chi connectivity index (χ1n) is 8.86. The number of carbonyl (C=O) groups excluding carboxylic acids is 1. The number of rotatable bonds is 3. The normalized spacial score (nSPS) is 17.4. The molecule has 2 aromatic heterocycles. The Hall–Kier alpha value is -2.50. The van der Waals surface area contributed by atoms with E-state index in [-0.39, 0.29) is 17.2 Å². The van der Waals surface area contributed by atoms with E-state index in [0.717, 1.165) is 6.20 Å². The molecule has 1 aliphatic rings. The van der Waals surface area contributed by atoms with Crippen molar-refractivity contribution in [1.82, 2.24) is 14.8 Å². The minimum absolute atomic E-state index is 0.0534. The molecule has 29 heavy (non-hydrogen) atoms. The van der Waals surface area contributed by atoms with Crippen LogP contribution in [0.2, 0.25) is 0 Å². The molecule has 0 spiro atoms. The molecule has 0 saturated carbocycles. The number of fused-ring (bicyclic) bond motifs is 1. The average molecular weight is 433 g/mol. The largest absolute Gasteiger partial charge is 0.420 e. The van der Waals surface area contributed by atoms with E-state index in [9.17, 15) is 26.6 Å². The SMILES string of the molecule is CCn1cc(F)c(/[SH](=O)=N/C(=O)Nc2c3c(nc(C)c2C(F)(F)F)[C@H](C)CC3)n1. The van der Waals surface area contributed by atoms with Gasteiger partial charge in [0.05, 0.1) is 28.2 Å². The predicted molar refractivity (Wildman–Crippen MR) is 97.8 cm³/mol. The lowest BCUT2D eigenvalue weighted by Crippen LogP contribution is -2.19. The number of anilines is 1. The van der Waals surface area contributed by atoms with Gasteiger partial charge in [-0.15, -0.1) is 4.36 Å². The summed E-state index contributed by atoms with van der Waals surface area (Å²) >= 11 is 0. The van der Waals surface area contributed by atoms with Gasteiger partial charge in [-0.1, -0.05) is 6.92 Å². The monoisotopic (exact) mass is 433 g/mol. The average Bonchev–Trinajstić information content (AvgIpc) is 3.16. The third-order valence-electron chi connectivity index (χ3n) is 4.71. The summed E-state index contributed by atoms with van der Waals surface area (Å²) in [5.41, 5.74) is -0.984. The van der Waals surface area contributed by atoms with Crippen molar-refractivity contribution in [3.8, 4) is 0 Å². The number of hydrogen-bond donors (Lipinski definition) is 2. The first-order valence-corrected chi connectivity index (χ1v) is 10.1. The minimum Gasteiger partial charge on any atom is -0.305 e. The highest BCUT2D eigenvalue weighted by Crippen LogP contribution is 2.44. The van der Waals surface area contributed by atoms with E-state index in [1.807, 2.05) is 6.92 Å². The second-order valence-electron chi connectivity index (χ2n) is 6.71. The van der Waals surface area contributed by atoms with Gasteiger partial charge in [0.25, 0.3) is 0 Å². The number of thiol groups is 1. The van der Waals surface area contributed by atoms with Crippen LogP contribution in [0.1, 0.15) is 48.7 Å². The Labute approximate surface area is 165 Å². The summed E-state index contributed by atoms with van der Waals surface area (Å²) in [7, 11) is -2.92. The highest BCUT2D eigenvalue weighted by Gasteiger charge is 2.40. The quantitative estimate of drug-likeness (QED) is 0.564. The van der Waals surface area contributed by atoms with Gasteiger partial charge in [-0.05, 0) is 38.2 Å². The Kier molecular flexibility index (Phi) is 5.65. The molecule has 12 heteroatoms. The third-order valence-corrected chi connectivity index (χ3v) is 5.74. The topological polar surface area (TPSA) is 89.2 Å². The number of nitrogens with one attached hydrogen (secondary N) is 1. The van der Waals surface area contributed by atoms with Gasteiger partial charge in [-0.2, -0.15) is 18.3 Å². The van der Waals surface area contributed by atoms with Crippen LogP contribution in [0.5, 0.6) is 0 Å². The van der Waals surface area contributed by atoms with Crippen LogP contribution in [0.25, 0.3) is 0 Å². The van der Waals surface area contributed by atoms with Gasteiger partial charge < -0.3 is 5.32 Å². The van der Waals surface area contributed by atoms with E-state index >= 15 is 0 Å². The van der Waals surface area contributed by atoms with E-state index in [2.05, 4.69) is 19.8 Å². The lowest BCUT2D eigenvalue weighted by molar-refractivity contribution is -0.137. The second-order valence-corrected chi connectivity index (χ2v) is 7.88. The first kappa shape index (κ1) is 21.2. The summed E-state index contributed by atoms with van der Waals surface area (Å²) in [6.07, 6.45) is -2.85. The number of halogens is 4. The van der Waals surface area contributed by atoms with Crippen molar-refractivity contribution >= 4 is 22.3 Å². The van der Waals surface area contributed by atoms with Crippen LogP contribution >= 0.6 is 0 Å². The fourth-order valence-corrected chi connectivity index (χ4v) is 4.09. The number of alkyl halides is 3. The number of hydrogen-bond acceptors (Lipinski definition) is 4. The summed E-state index contributed by atoms with van der Waals surface area (Å²) in [5, 5.41) is 5.30. The Morgan fingerprint density at radius 1 is 1.45 bits per heavy atom. The molecule has 0 aromatic carbocycles. The van der Waals surface area contributed by atoms with Gasteiger partial charge >= 0.3 is 12.2 Å². The molecule has 0 saturated heterocycles. The van der Waals surface area contributed by atoms with Crippen LogP contribution in [0.15, 0.2) is 15.6 Å². The standard InChI is InChI=1S/C17H19F4N5O2S/c1-4-26-7-11(18)15(24-26)29(28)25-16(27)23-14-10-6-5-8(2)13(10)22-9(3)12(14)17(19,20)21/h7-8,29H,4-6H2,1-3H3,(H,22,23,27)/t8-/m1/s1. The van der Waals surface area contributed by atoms with Crippen LogP contribution in [-0.2, 0) is 29.7 Å². The van der Waals surface area contributed by atoms with Crippen molar-refractivity contribution < 1.29 is 26.6 Å². The maximum Gasteiger partial charge on any atom is 0.420 e. The molecule has 1 aliphatic carbocycles. The molecule has 1 N–H and O–H groups in total. The van der Waals surface area contributed by atoms with E-state index in [1.54, 1.807) is 6.92 Å². The Morgan fingerprint density at radius 2 is 2.14 bits per heavy atom. The molecule has 0 aliphatic heterocycles. The maximum atomic E-state index is 13.8. The van der Waals surface area contributed by atoms with Gasteiger partial charge in [-0.25, -0.2) is 13.4 Å². The Morgan fingerprint density at radius 3 is 2.72 bits per heavy atom. The molecular weight excluding hydrogens is 414 g/mol. The van der Waals surface area contributed by atoms with E-state index in [4.69, 9.17) is 0 Å². The van der Waals surface area contributed by atoms with Crippen LogP contribution in [0, 0.1) is 12.7 Å². The van der Waals surface area contributed by atoms with Crippen molar-refractivity contribution in [3.05, 3.63) is 34.5 Å². The molecule has 2 amide bonds. The molecule has 1 unspecified atom stereocenters. The molecule has 3 rings (SSSR count). The number of pyridine rings is 1. The highest BCUT2D eigenvalue weighted by molar-refractivity contribution is 7.75. The Balaban J connectivity index is 2.01. The fraction of sp³-hybridized carbons (Fsp3) is 0.471. The smallest absolute Gasteiger partial charge is 0.305 e. The first-order chi connectivity index (χ1) is 13.5. The molecular formula is C17H19F4N5O2S. The van der Waals surface area contributed by atoms with Gasteiger partial charge in [0.1, 0.15) is 5.56 Å². The zero-order chi connectivity index (χ0) is 21.5. The summed E-state index contributed by atoms with van der Waals surface area (Å²) < 4.78 is 71.3. The maximum absolute atomic E-state index is 13.8. The van der Waals surface area contributed by atoms with Crippen LogP contribution in [-0.4, -0.2) is 25.0 Å². The molecule has 2 heterocycles. The van der Waals surface area contributed by atoms with Gasteiger partial charge in [-0.3, -0.25) is 9.67 Å². The van der Waals surface area contributed by atoms with Crippen LogP contribution in [0.3, 0.4) is 0 Å².